The molecule has 4 heterocycles. The molecule has 0 N–H and O–H groups in total. The second-order valence-corrected chi connectivity index (χ2v) is 10.8. The highest BCUT2D eigenvalue weighted by Gasteiger charge is 2.43. The van der Waals surface area contributed by atoms with E-state index in [1.807, 2.05) is 43.4 Å². The quantitative estimate of drug-likeness (QED) is 0.507. The predicted octanol–water partition coefficient (Wildman–Crippen LogP) is 5.33. The van der Waals surface area contributed by atoms with Crippen LogP contribution in [0, 0.1) is 12.3 Å². The highest BCUT2D eigenvalue weighted by molar-refractivity contribution is 7.99. The Hall–Kier alpha value is -2.77. The maximum atomic E-state index is 13.7. The molecule has 5 rings (SSSR count). The Kier molecular flexibility index (Phi) is 5.49. The number of amides is 1. The maximum absolute atomic E-state index is 13.7. The second kappa shape index (κ2) is 8.22. The lowest BCUT2D eigenvalue weighted by Crippen LogP contribution is -2.56. The Morgan fingerprint density at radius 2 is 1.82 bits per heavy atom. The summed E-state index contributed by atoms with van der Waals surface area (Å²) in [6.07, 6.45) is 3.56. The Bertz CT molecular complexity index is 1250. The number of carbonyl (C=O) groups is 1. The van der Waals surface area contributed by atoms with E-state index in [4.69, 9.17) is 16.6 Å². The highest BCUT2D eigenvalue weighted by atomic mass is 35.5. The average Bonchev–Trinajstić information content (AvgIpc) is 3.05. The number of hydrogen-bond donors (Lipinski definition) is 0. The van der Waals surface area contributed by atoms with E-state index in [-0.39, 0.29) is 11.3 Å². The van der Waals surface area contributed by atoms with Gasteiger partial charge in [-0.1, -0.05) is 49.3 Å². The van der Waals surface area contributed by atoms with Crippen molar-refractivity contribution in [3.8, 4) is 0 Å². The molecule has 33 heavy (non-hydrogen) atoms. The zero-order valence-electron chi connectivity index (χ0n) is 19.2. The second-order valence-electron chi connectivity index (χ2n) is 9.34. The van der Waals surface area contributed by atoms with Gasteiger partial charge in [0.25, 0.3) is 5.91 Å². The largest absolute Gasteiger partial charge is 0.333 e. The summed E-state index contributed by atoms with van der Waals surface area (Å²) in [6.45, 7) is 8.69. The van der Waals surface area contributed by atoms with Crippen molar-refractivity contribution < 1.29 is 4.79 Å². The van der Waals surface area contributed by atoms with Crippen LogP contribution >= 0.6 is 23.4 Å². The van der Waals surface area contributed by atoms with Crippen molar-refractivity contribution in [2.75, 3.05) is 25.0 Å². The summed E-state index contributed by atoms with van der Waals surface area (Å²) in [7, 11) is 1.82. The summed E-state index contributed by atoms with van der Waals surface area (Å²) in [5.41, 5.74) is 3.91. The van der Waals surface area contributed by atoms with E-state index < -0.39 is 0 Å². The van der Waals surface area contributed by atoms with Gasteiger partial charge in [0.1, 0.15) is 0 Å². The van der Waals surface area contributed by atoms with E-state index >= 15 is 0 Å². The van der Waals surface area contributed by atoms with E-state index in [1.54, 1.807) is 29.1 Å². The summed E-state index contributed by atoms with van der Waals surface area (Å²) in [4.78, 5) is 27.6. The van der Waals surface area contributed by atoms with Crippen LogP contribution in [0.4, 0.5) is 5.69 Å². The topological polar surface area (TPSA) is 53.7 Å². The fourth-order valence-electron chi connectivity index (χ4n) is 4.45. The number of anilines is 1. The molecule has 6 nitrogen and oxygen atoms in total. The summed E-state index contributed by atoms with van der Waals surface area (Å²) in [5.74, 6) is 0.716. The lowest BCUT2D eigenvalue weighted by molar-refractivity contribution is 0.0857. The van der Waals surface area contributed by atoms with Gasteiger partial charge >= 0.3 is 0 Å². The predicted molar refractivity (Wildman–Crippen MR) is 134 cm³/mol. The normalized spacial score (nSPS) is 17.0. The number of carbonyl (C=O) groups excluding carboxylic acids is 1. The summed E-state index contributed by atoms with van der Waals surface area (Å²) >= 11 is 7.72. The van der Waals surface area contributed by atoms with Crippen LogP contribution in [0.2, 0.25) is 5.02 Å². The van der Waals surface area contributed by atoms with Crippen molar-refractivity contribution >= 4 is 40.9 Å². The van der Waals surface area contributed by atoms with Crippen LogP contribution in [0.1, 0.15) is 35.5 Å². The van der Waals surface area contributed by atoms with Crippen LogP contribution in [0.3, 0.4) is 0 Å². The molecule has 0 unspecified atom stereocenters. The molecule has 0 saturated heterocycles. The number of rotatable bonds is 4. The minimum atomic E-state index is -0.0192. The van der Waals surface area contributed by atoms with Crippen molar-refractivity contribution in [1.29, 1.82) is 0 Å². The number of fused-ring (bicyclic) bond motifs is 3. The summed E-state index contributed by atoms with van der Waals surface area (Å²) < 4.78 is 2.25. The standard InChI is InChI=1S/C25H26ClN5OS/c1-16-21-20(22(32)29(4)24-28-14-25(2,3)15-31(21)24)23(33-19-9-11-27-12-10-19)30(16)13-17-5-7-18(26)8-6-17/h5-12H,13-15H2,1-4H3. The molecule has 2 aliphatic heterocycles. The first-order chi connectivity index (χ1) is 15.7. The van der Waals surface area contributed by atoms with E-state index in [1.165, 1.54) is 0 Å². The zero-order valence-corrected chi connectivity index (χ0v) is 20.7. The van der Waals surface area contributed by atoms with Crippen LogP contribution in [0.15, 0.2) is 63.7 Å². The Morgan fingerprint density at radius 1 is 1.12 bits per heavy atom. The smallest absolute Gasteiger partial charge is 0.265 e. The molecule has 1 amide bonds. The van der Waals surface area contributed by atoms with Crippen LogP contribution in [-0.4, -0.2) is 46.5 Å². The molecular weight excluding hydrogens is 454 g/mol. The van der Waals surface area contributed by atoms with Crippen LogP contribution in [0.25, 0.3) is 0 Å². The van der Waals surface area contributed by atoms with Crippen LogP contribution in [-0.2, 0) is 6.54 Å². The molecule has 0 atom stereocenters. The average molecular weight is 480 g/mol. The fraction of sp³-hybridized carbons (Fsp3) is 0.320. The monoisotopic (exact) mass is 479 g/mol. The molecule has 0 bridgehead atoms. The molecule has 0 radical (unpaired) electrons. The summed E-state index contributed by atoms with van der Waals surface area (Å²) in [6, 6.07) is 11.8. The highest BCUT2D eigenvalue weighted by Crippen LogP contribution is 2.45. The first-order valence-electron chi connectivity index (χ1n) is 10.9. The van der Waals surface area contributed by atoms with Crippen molar-refractivity contribution in [1.82, 2.24) is 14.5 Å². The number of benzene rings is 1. The van der Waals surface area contributed by atoms with Gasteiger partial charge in [0.05, 0.1) is 16.3 Å². The molecule has 0 saturated carbocycles. The third kappa shape index (κ3) is 3.93. The van der Waals surface area contributed by atoms with Gasteiger partial charge in [-0.15, -0.1) is 0 Å². The first kappa shape index (κ1) is 22.0. The minimum absolute atomic E-state index is 0.0190. The van der Waals surface area contributed by atoms with E-state index in [2.05, 4.69) is 35.2 Å². The van der Waals surface area contributed by atoms with Crippen LogP contribution in [0.5, 0.6) is 0 Å². The number of halogens is 1. The molecule has 2 aliphatic rings. The van der Waals surface area contributed by atoms with Gasteiger partial charge in [0, 0.05) is 60.1 Å². The molecule has 0 aliphatic carbocycles. The van der Waals surface area contributed by atoms with Crippen molar-refractivity contribution in [3.63, 3.8) is 0 Å². The molecule has 1 aromatic carbocycles. The van der Waals surface area contributed by atoms with Gasteiger partial charge in [0.2, 0.25) is 5.96 Å². The molecule has 170 valence electrons. The van der Waals surface area contributed by atoms with Gasteiger partial charge in [-0.3, -0.25) is 19.7 Å². The Morgan fingerprint density at radius 3 is 2.52 bits per heavy atom. The number of aliphatic imine (C=N–C) groups is 1. The van der Waals surface area contributed by atoms with Gasteiger partial charge in [-0.2, -0.15) is 0 Å². The SMILES string of the molecule is Cc1c2c(c(Sc3ccncc3)n1Cc1ccc(Cl)cc1)C(=O)N(C)C1=NCC(C)(C)CN12. The Balaban J connectivity index is 1.70. The molecule has 3 aromatic rings. The molecule has 0 spiro atoms. The van der Waals surface area contributed by atoms with Crippen molar-refractivity contribution in [3.05, 3.63) is 70.6 Å². The molecule has 8 heteroatoms. The number of pyridine rings is 1. The minimum Gasteiger partial charge on any atom is -0.333 e. The third-order valence-electron chi connectivity index (χ3n) is 6.13. The third-order valence-corrected chi connectivity index (χ3v) is 7.50. The van der Waals surface area contributed by atoms with Gasteiger partial charge in [-0.05, 0) is 36.8 Å². The van der Waals surface area contributed by atoms with Crippen molar-refractivity contribution in [2.45, 2.75) is 37.2 Å². The maximum Gasteiger partial charge on any atom is 0.265 e. The Labute approximate surface area is 203 Å². The molecule has 0 fully saturated rings. The first-order valence-corrected chi connectivity index (χ1v) is 12.1. The lowest BCUT2D eigenvalue weighted by Gasteiger charge is -2.43. The van der Waals surface area contributed by atoms with Gasteiger partial charge in [-0.25, -0.2) is 0 Å². The van der Waals surface area contributed by atoms with Gasteiger partial charge < -0.3 is 9.47 Å². The molecule has 2 aromatic heterocycles. The fourth-order valence-corrected chi connectivity index (χ4v) is 5.66. The lowest BCUT2D eigenvalue weighted by atomic mass is 9.90. The molecular formula is C25H26ClN5OS. The van der Waals surface area contributed by atoms with Crippen LogP contribution < -0.4 is 4.90 Å². The van der Waals surface area contributed by atoms with Gasteiger partial charge in [0.15, 0.2) is 0 Å². The van der Waals surface area contributed by atoms with E-state index in [0.29, 0.717) is 18.1 Å². The number of hydrogen-bond acceptors (Lipinski definition) is 5. The number of nitrogens with zero attached hydrogens (tertiary/aromatic N) is 5. The number of guanidine groups is 1. The number of aromatic nitrogens is 2. The summed E-state index contributed by atoms with van der Waals surface area (Å²) in [5, 5.41) is 1.64. The van der Waals surface area contributed by atoms with E-state index in [9.17, 15) is 4.79 Å². The van der Waals surface area contributed by atoms with Crippen molar-refractivity contribution in [2.24, 2.45) is 10.4 Å². The van der Waals surface area contributed by atoms with E-state index in [0.717, 1.165) is 44.9 Å². The zero-order chi connectivity index (χ0) is 23.3.